The molecule has 0 heterocycles. The number of hydrogen-bond acceptors (Lipinski definition) is 1. The third-order valence-corrected chi connectivity index (χ3v) is 2.74. The second-order valence-electron chi connectivity index (χ2n) is 4.23. The van der Waals surface area contributed by atoms with Gasteiger partial charge in [0.05, 0.1) is 6.61 Å². The molecule has 0 aliphatic rings. The van der Waals surface area contributed by atoms with Crippen molar-refractivity contribution in [1.82, 2.24) is 0 Å². The van der Waals surface area contributed by atoms with E-state index in [2.05, 4.69) is 0 Å². The van der Waals surface area contributed by atoms with Gasteiger partial charge in [0.1, 0.15) is 5.75 Å². The predicted octanol–water partition coefficient (Wildman–Crippen LogP) is 3.36. The van der Waals surface area contributed by atoms with Crippen LogP contribution in [0, 0.1) is 0 Å². The first-order chi connectivity index (χ1) is 9.05. The molecule has 100 valence electrons. The lowest BCUT2D eigenvalue weighted by atomic mass is 9.80. The van der Waals surface area contributed by atoms with E-state index in [-0.39, 0.29) is 5.75 Å². The average Bonchev–Trinajstić information content (AvgIpc) is 2.39. The van der Waals surface area contributed by atoms with E-state index in [1.54, 1.807) is 0 Å². The normalized spacial score (nSPS) is 11.3. The molecule has 0 aliphatic carbocycles. The van der Waals surface area contributed by atoms with Crippen LogP contribution in [0.2, 0.25) is 0 Å². The van der Waals surface area contributed by atoms with Gasteiger partial charge in [-0.3, -0.25) is 0 Å². The summed E-state index contributed by atoms with van der Waals surface area (Å²) >= 11 is 0. The molecule has 0 N–H and O–H groups in total. The minimum absolute atomic E-state index is 0.257. The Morgan fingerprint density at radius 3 is 2.32 bits per heavy atom. The van der Waals surface area contributed by atoms with Crippen molar-refractivity contribution in [3.63, 3.8) is 0 Å². The van der Waals surface area contributed by atoms with Gasteiger partial charge < -0.3 is 17.7 Å². The van der Waals surface area contributed by atoms with Crippen molar-refractivity contribution >= 4 is 12.4 Å². The van der Waals surface area contributed by atoms with Crippen LogP contribution in [0.5, 0.6) is 5.75 Å². The zero-order valence-electron chi connectivity index (χ0n) is 10.2. The monoisotopic (exact) mass is 265 g/mol. The predicted molar refractivity (Wildman–Crippen MR) is 70.8 cm³/mol. The molecule has 0 bridgehead atoms. The van der Waals surface area contributed by atoms with Crippen molar-refractivity contribution in [2.24, 2.45) is 0 Å². The van der Waals surface area contributed by atoms with Gasteiger partial charge in [-0.1, -0.05) is 42.5 Å². The van der Waals surface area contributed by atoms with Crippen molar-refractivity contribution in [2.75, 3.05) is 6.61 Å². The summed E-state index contributed by atoms with van der Waals surface area (Å²) in [5.41, 5.74) is 0.468. The molecule has 2 aromatic carbocycles. The maximum Gasteiger partial charge on any atom is 0.509 e. The highest BCUT2D eigenvalue weighted by Gasteiger charge is 2.25. The Morgan fingerprint density at radius 1 is 0.895 bits per heavy atom. The van der Waals surface area contributed by atoms with Gasteiger partial charge in [0.2, 0.25) is 0 Å². The van der Waals surface area contributed by atoms with Crippen LogP contribution in [0.3, 0.4) is 0 Å². The number of rotatable bonds is 5. The standard InChI is InChI=1S/C14H13BF3O/c16-15(17,18)13-7-4-8-14(11-13)19-10-9-12-5-2-1-3-6-12/h1-8,11H,9-10H2/q-1. The van der Waals surface area contributed by atoms with E-state index < -0.39 is 12.4 Å². The fourth-order valence-corrected chi connectivity index (χ4v) is 1.74. The zero-order valence-corrected chi connectivity index (χ0v) is 10.2. The molecule has 0 fully saturated rings. The van der Waals surface area contributed by atoms with Crippen LogP contribution >= 0.6 is 0 Å². The van der Waals surface area contributed by atoms with Crippen molar-refractivity contribution < 1.29 is 17.7 Å². The third kappa shape index (κ3) is 4.05. The summed E-state index contributed by atoms with van der Waals surface area (Å²) in [6.45, 7) is -4.61. The third-order valence-electron chi connectivity index (χ3n) is 2.74. The number of benzene rings is 2. The second-order valence-corrected chi connectivity index (χ2v) is 4.23. The van der Waals surface area contributed by atoms with Gasteiger partial charge in [-0.25, -0.2) is 0 Å². The van der Waals surface area contributed by atoms with E-state index in [9.17, 15) is 12.9 Å². The summed E-state index contributed by atoms with van der Waals surface area (Å²) in [5.74, 6) is 0.257. The maximum absolute atomic E-state index is 12.6. The van der Waals surface area contributed by atoms with Crippen molar-refractivity contribution in [3.8, 4) is 5.75 Å². The van der Waals surface area contributed by atoms with E-state index in [0.29, 0.717) is 13.0 Å². The van der Waals surface area contributed by atoms with Gasteiger partial charge in [-0.15, -0.1) is 5.46 Å². The van der Waals surface area contributed by atoms with E-state index >= 15 is 0 Å². The molecule has 0 saturated heterocycles. The Morgan fingerprint density at radius 2 is 1.63 bits per heavy atom. The topological polar surface area (TPSA) is 9.23 Å². The largest absolute Gasteiger partial charge is 0.509 e. The Kier molecular flexibility index (Phi) is 4.15. The van der Waals surface area contributed by atoms with Gasteiger partial charge >= 0.3 is 6.98 Å². The van der Waals surface area contributed by atoms with Crippen molar-refractivity contribution in [2.45, 2.75) is 6.42 Å². The SMILES string of the molecule is F[B-](F)(F)c1cccc(OCCc2ccccc2)c1. The van der Waals surface area contributed by atoms with Gasteiger partial charge in [-0.2, -0.15) is 0 Å². The quantitative estimate of drug-likeness (QED) is 0.753. The molecule has 19 heavy (non-hydrogen) atoms. The lowest BCUT2D eigenvalue weighted by Gasteiger charge is -2.16. The first-order valence-electron chi connectivity index (χ1n) is 6.02. The van der Waals surface area contributed by atoms with Crippen LogP contribution in [-0.4, -0.2) is 13.6 Å². The van der Waals surface area contributed by atoms with Crippen LogP contribution in [0.15, 0.2) is 54.6 Å². The van der Waals surface area contributed by atoms with Gasteiger partial charge in [0.15, 0.2) is 0 Å². The molecule has 0 radical (unpaired) electrons. The highest BCUT2D eigenvalue weighted by Crippen LogP contribution is 2.14. The lowest BCUT2D eigenvalue weighted by molar-refractivity contribution is 0.322. The van der Waals surface area contributed by atoms with E-state index in [1.165, 1.54) is 12.1 Å². The van der Waals surface area contributed by atoms with E-state index in [1.807, 2.05) is 30.3 Å². The Hall–Kier alpha value is -1.91. The molecule has 0 spiro atoms. The highest BCUT2D eigenvalue weighted by atomic mass is 19.4. The van der Waals surface area contributed by atoms with Gasteiger partial charge in [0.25, 0.3) is 0 Å². The Labute approximate surface area is 110 Å². The molecule has 1 nitrogen and oxygen atoms in total. The molecule has 0 atom stereocenters. The molecule has 2 aromatic rings. The van der Waals surface area contributed by atoms with Crippen LogP contribution in [0.1, 0.15) is 5.56 Å². The minimum Gasteiger partial charge on any atom is -0.493 e. The molecule has 2 rings (SSSR count). The molecular formula is C14H13BF3O-. The van der Waals surface area contributed by atoms with Crippen LogP contribution in [0.25, 0.3) is 0 Å². The first kappa shape index (κ1) is 13.5. The highest BCUT2D eigenvalue weighted by molar-refractivity contribution is 6.73. The number of hydrogen-bond donors (Lipinski definition) is 0. The molecule has 0 amide bonds. The van der Waals surface area contributed by atoms with Crippen molar-refractivity contribution in [3.05, 3.63) is 60.2 Å². The smallest absolute Gasteiger partial charge is 0.493 e. The maximum atomic E-state index is 12.6. The average molecular weight is 265 g/mol. The summed E-state index contributed by atoms with van der Waals surface area (Å²) in [6.07, 6.45) is 0.669. The minimum atomic E-state index is -4.97. The molecule has 0 aliphatic heterocycles. The molecule has 0 saturated carbocycles. The molecular weight excluding hydrogens is 252 g/mol. The van der Waals surface area contributed by atoms with Crippen LogP contribution < -0.4 is 10.2 Å². The fourth-order valence-electron chi connectivity index (χ4n) is 1.74. The summed E-state index contributed by atoms with van der Waals surface area (Å²) in [5, 5.41) is 0. The van der Waals surface area contributed by atoms with E-state index in [0.717, 1.165) is 17.7 Å². The number of halogens is 3. The lowest BCUT2D eigenvalue weighted by Crippen LogP contribution is -2.33. The Bertz CT molecular complexity index is 526. The summed E-state index contributed by atoms with van der Waals surface area (Å²) in [7, 11) is 0. The fraction of sp³-hybridized carbons (Fsp3) is 0.143. The zero-order chi connectivity index (χ0) is 13.7. The summed E-state index contributed by atoms with van der Waals surface area (Å²) in [4.78, 5) is 0. The summed E-state index contributed by atoms with van der Waals surface area (Å²) < 4.78 is 43.0. The summed E-state index contributed by atoms with van der Waals surface area (Å²) in [6, 6.07) is 14.7. The first-order valence-corrected chi connectivity index (χ1v) is 6.02. The molecule has 0 unspecified atom stereocenters. The van der Waals surface area contributed by atoms with Gasteiger partial charge in [0, 0.05) is 6.42 Å². The van der Waals surface area contributed by atoms with Crippen LogP contribution in [-0.2, 0) is 6.42 Å². The Balaban J connectivity index is 1.93. The van der Waals surface area contributed by atoms with Gasteiger partial charge in [-0.05, 0) is 17.7 Å². The van der Waals surface area contributed by atoms with Crippen LogP contribution in [0.4, 0.5) is 12.9 Å². The van der Waals surface area contributed by atoms with Crippen molar-refractivity contribution in [1.29, 1.82) is 0 Å². The molecule has 5 heteroatoms. The number of ether oxygens (including phenoxy) is 1. The molecule has 0 aromatic heterocycles. The second kappa shape index (κ2) is 5.82. The van der Waals surface area contributed by atoms with E-state index in [4.69, 9.17) is 4.74 Å².